The number of benzene rings is 1. The predicted octanol–water partition coefficient (Wildman–Crippen LogP) is 1.93. The highest BCUT2D eigenvalue weighted by atomic mass is 19.1. The number of imidazole rings is 1. The molecule has 0 atom stereocenters. The van der Waals surface area contributed by atoms with Crippen LogP contribution in [0.25, 0.3) is 0 Å². The summed E-state index contributed by atoms with van der Waals surface area (Å²) in [6.07, 6.45) is 3.45. The Morgan fingerprint density at radius 2 is 2.29 bits per heavy atom. The van der Waals surface area contributed by atoms with E-state index in [9.17, 15) is 9.18 Å². The standard InChI is InChI=1S/C14H17FN4O2/c1-3-21-14(20)9-6-12(10(15)7-11(9)16)18-8-13-17-4-5-19(13)2/h4-7,18H,3,8,16H2,1-2H3. The lowest BCUT2D eigenvalue weighted by molar-refractivity contribution is 0.0527. The minimum Gasteiger partial charge on any atom is -0.462 e. The average molecular weight is 292 g/mol. The molecule has 21 heavy (non-hydrogen) atoms. The molecular weight excluding hydrogens is 275 g/mol. The second-order valence-electron chi connectivity index (χ2n) is 4.45. The molecule has 0 amide bonds. The summed E-state index contributed by atoms with van der Waals surface area (Å²) in [6.45, 7) is 2.25. The van der Waals surface area contributed by atoms with Gasteiger partial charge in [0, 0.05) is 25.1 Å². The molecule has 1 aromatic carbocycles. The van der Waals surface area contributed by atoms with Gasteiger partial charge in [0.15, 0.2) is 0 Å². The minimum atomic E-state index is -0.574. The van der Waals surface area contributed by atoms with Crippen LogP contribution in [0.4, 0.5) is 15.8 Å². The predicted molar refractivity (Wildman–Crippen MR) is 77.3 cm³/mol. The molecule has 6 nitrogen and oxygen atoms in total. The van der Waals surface area contributed by atoms with Gasteiger partial charge in [-0.3, -0.25) is 0 Å². The Morgan fingerprint density at radius 1 is 1.52 bits per heavy atom. The molecule has 0 radical (unpaired) electrons. The van der Waals surface area contributed by atoms with Crippen LogP contribution in [0.15, 0.2) is 24.5 Å². The number of nitrogens with one attached hydrogen (secondary N) is 1. The molecule has 0 bridgehead atoms. The number of ether oxygens (including phenoxy) is 1. The average Bonchev–Trinajstić information content (AvgIpc) is 2.83. The van der Waals surface area contributed by atoms with Crippen molar-refractivity contribution in [2.75, 3.05) is 17.7 Å². The van der Waals surface area contributed by atoms with E-state index in [1.807, 2.05) is 11.6 Å². The molecule has 0 aliphatic carbocycles. The number of aromatic nitrogens is 2. The van der Waals surface area contributed by atoms with E-state index in [0.717, 1.165) is 11.9 Å². The number of aryl methyl sites for hydroxylation is 1. The van der Waals surface area contributed by atoms with Gasteiger partial charge >= 0.3 is 5.97 Å². The van der Waals surface area contributed by atoms with E-state index in [4.69, 9.17) is 10.5 Å². The lowest BCUT2D eigenvalue weighted by atomic mass is 10.1. The highest BCUT2D eigenvalue weighted by molar-refractivity contribution is 5.96. The molecule has 112 valence electrons. The molecule has 7 heteroatoms. The van der Waals surface area contributed by atoms with E-state index < -0.39 is 11.8 Å². The molecule has 3 N–H and O–H groups in total. The quantitative estimate of drug-likeness (QED) is 0.650. The number of halogens is 1. The zero-order chi connectivity index (χ0) is 15.4. The van der Waals surface area contributed by atoms with E-state index in [1.165, 1.54) is 6.07 Å². The van der Waals surface area contributed by atoms with Gasteiger partial charge in [0.05, 0.1) is 24.4 Å². The third-order valence-corrected chi connectivity index (χ3v) is 2.99. The fraction of sp³-hybridized carbons (Fsp3) is 0.286. The van der Waals surface area contributed by atoms with Gasteiger partial charge < -0.3 is 20.4 Å². The molecule has 1 heterocycles. The van der Waals surface area contributed by atoms with Gasteiger partial charge in [-0.2, -0.15) is 0 Å². The Morgan fingerprint density at radius 3 is 2.90 bits per heavy atom. The normalized spacial score (nSPS) is 10.4. The van der Waals surface area contributed by atoms with Gasteiger partial charge in [0.25, 0.3) is 0 Å². The summed E-state index contributed by atoms with van der Waals surface area (Å²) in [7, 11) is 1.84. The molecule has 1 aromatic heterocycles. The van der Waals surface area contributed by atoms with Crippen molar-refractivity contribution in [3.05, 3.63) is 41.7 Å². The van der Waals surface area contributed by atoms with Crippen LogP contribution in [-0.2, 0) is 18.3 Å². The summed E-state index contributed by atoms with van der Waals surface area (Å²) in [5.74, 6) is -0.367. The van der Waals surface area contributed by atoms with Crippen LogP contribution in [0.3, 0.4) is 0 Å². The van der Waals surface area contributed by atoms with E-state index >= 15 is 0 Å². The second kappa shape index (κ2) is 6.25. The number of nitrogen functional groups attached to an aromatic ring is 1. The van der Waals surface area contributed by atoms with Crippen LogP contribution in [0.2, 0.25) is 0 Å². The van der Waals surface area contributed by atoms with Crippen molar-refractivity contribution in [2.45, 2.75) is 13.5 Å². The van der Waals surface area contributed by atoms with Crippen molar-refractivity contribution in [1.82, 2.24) is 9.55 Å². The molecule has 0 fully saturated rings. The Kier molecular flexibility index (Phi) is 4.42. The summed E-state index contributed by atoms with van der Waals surface area (Å²) in [6, 6.07) is 2.46. The number of nitrogens with two attached hydrogens (primary N) is 1. The van der Waals surface area contributed by atoms with Crippen molar-refractivity contribution in [3.63, 3.8) is 0 Å². The Bertz CT molecular complexity index is 654. The molecule has 0 spiro atoms. The Balaban J connectivity index is 2.21. The van der Waals surface area contributed by atoms with Gasteiger partial charge in [-0.1, -0.05) is 0 Å². The maximum atomic E-state index is 13.9. The number of nitrogens with zero attached hydrogens (tertiary/aromatic N) is 2. The van der Waals surface area contributed by atoms with Crippen molar-refractivity contribution in [2.24, 2.45) is 7.05 Å². The zero-order valence-electron chi connectivity index (χ0n) is 11.9. The lowest BCUT2D eigenvalue weighted by Gasteiger charge is -2.11. The first-order valence-electron chi connectivity index (χ1n) is 6.49. The van der Waals surface area contributed by atoms with Gasteiger partial charge in [0.2, 0.25) is 0 Å². The topological polar surface area (TPSA) is 82.2 Å². The SMILES string of the molecule is CCOC(=O)c1cc(NCc2nccn2C)c(F)cc1N. The van der Waals surface area contributed by atoms with E-state index in [1.54, 1.807) is 19.3 Å². The summed E-state index contributed by atoms with van der Waals surface area (Å²) in [5, 5.41) is 2.90. The lowest BCUT2D eigenvalue weighted by Crippen LogP contribution is -2.11. The summed E-state index contributed by atoms with van der Waals surface area (Å²) in [5.41, 5.74) is 6.02. The fourth-order valence-corrected chi connectivity index (χ4v) is 1.85. The van der Waals surface area contributed by atoms with Crippen molar-refractivity contribution >= 4 is 17.3 Å². The van der Waals surface area contributed by atoms with Crippen LogP contribution in [0.1, 0.15) is 23.1 Å². The van der Waals surface area contributed by atoms with Gasteiger partial charge in [-0.05, 0) is 19.1 Å². The minimum absolute atomic E-state index is 0.0495. The molecule has 0 unspecified atom stereocenters. The highest BCUT2D eigenvalue weighted by Crippen LogP contribution is 2.23. The number of carbonyl (C=O) groups excluding carboxylic acids is 1. The first-order valence-corrected chi connectivity index (χ1v) is 6.49. The number of hydrogen-bond donors (Lipinski definition) is 2. The number of esters is 1. The van der Waals surface area contributed by atoms with Crippen LogP contribution < -0.4 is 11.1 Å². The number of hydrogen-bond acceptors (Lipinski definition) is 5. The van der Waals surface area contributed by atoms with Crippen LogP contribution >= 0.6 is 0 Å². The molecule has 2 rings (SSSR count). The van der Waals surface area contributed by atoms with Crippen molar-refractivity contribution in [3.8, 4) is 0 Å². The van der Waals surface area contributed by atoms with E-state index in [0.29, 0.717) is 6.54 Å². The smallest absolute Gasteiger partial charge is 0.340 e. The first kappa shape index (κ1) is 14.8. The summed E-state index contributed by atoms with van der Waals surface area (Å²) in [4.78, 5) is 15.9. The Labute approximate surface area is 121 Å². The van der Waals surface area contributed by atoms with Gasteiger partial charge in [-0.25, -0.2) is 14.2 Å². The molecule has 2 aromatic rings. The maximum absolute atomic E-state index is 13.9. The Hall–Kier alpha value is -2.57. The molecule has 0 saturated carbocycles. The van der Waals surface area contributed by atoms with Gasteiger partial charge in [0.1, 0.15) is 11.6 Å². The largest absolute Gasteiger partial charge is 0.462 e. The monoisotopic (exact) mass is 292 g/mol. The third kappa shape index (κ3) is 3.31. The summed E-state index contributed by atoms with van der Waals surface area (Å²) < 4.78 is 20.6. The second-order valence-corrected chi connectivity index (χ2v) is 4.45. The number of rotatable bonds is 5. The molecular formula is C14H17FN4O2. The zero-order valence-corrected chi connectivity index (χ0v) is 11.9. The molecule has 0 aliphatic rings. The van der Waals surface area contributed by atoms with Crippen LogP contribution in [-0.4, -0.2) is 22.1 Å². The number of anilines is 2. The molecule has 0 aliphatic heterocycles. The van der Waals surface area contributed by atoms with Gasteiger partial charge in [-0.15, -0.1) is 0 Å². The fourth-order valence-electron chi connectivity index (χ4n) is 1.85. The summed E-state index contributed by atoms with van der Waals surface area (Å²) >= 11 is 0. The van der Waals surface area contributed by atoms with E-state index in [-0.39, 0.29) is 23.5 Å². The number of carbonyl (C=O) groups is 1. The molecule has 0 saturated heterocycles. The third-order valence-electron chi connectivity index (χ3n) is 2.99. The van der Waals surface area contributed by atoms with Crippen LogP contribution in [0.5, 0.6) is 0 Å². The first-order chi connectivity index (χ1) is 10.0. The van der Waals surface area contributed by atoms with Crippen molar-refractivity contribution < 1.29 is 13.9 Å². The van der Waals surface area contributed by atoms with Crippen molar-refractivity contribution in [1.29, 1.82) is 0 Å². The van der Waals surface area contributed by atoms with Crippen LogP contribution in [0, 0.1) is 5.82 Å². The highest BCUT2D eigenvalue weighted by Gasteiger charge is 2.15. The van der Waals surface area contributed by atoms with E-state index in [2.05, 4.69) is 10.3 Å². The maximum Gasteiger partial charge on any atom is 0.340 e.